The second-order valence-corrected chi connectivity index (χ2v) is 5.98. The molecule has 0 fully saturated rings. The van der Waals surface area contributed by atoms with Crippen LogP contribution in [0.5, 0.6) is 0 Å². The van der Waals surface area contributed by atoms with Crippen LogP contribution in [0.25, 0.3) is 22.5 Å². The van der Waals surface area contributed by atoms with Crippen LogP contribution in [0.15, 0.2) is 78.9 Å². The Morgan fingerprint density at radius 2 is 1.67 bits per heavy atom. The molecule has 0 aliphatic carbocycles. The summed E-state index contributed by atoms with van der Waals surface area (Å²) >= 11 is 0. The van der Waals surface area contributed by atoms with Crippen LogP contribution in [0, 0.1) is 5.82 Å². The normalized spacial score (nSPS) is 10.6. The molecule has 0 aliphatic rings. The Labute approximate surface area is 154 Å². The van der Waals surface area contributed by atoms with Crippen molar-refractivity contribution in [2.45, 2.75) is 0 Å². The fourth-order valence-corrected chi connectivity index (χ4v) is 2.82. The summed E-state index contributed by atoms with van der Waals surface area (Å²) in [6.45, 7) is 0. The van der Waals surface area contributed by atoms with E-state index in [0.29, 0.717) is 11.3 Å². The number of nitrogens with one attached hydrogen (secondary N) is 3. The highest BCUT2D eigenvalue weighted by Crippen LogP contribution is 2.26. The fourth-order valence-electron chi connectivity index (χ4n) is 2.82. The number of halogens is 1. The van der Waals surface area contributed by atoms with Gasteiger partial charge in [-0.1, -0.05) is 47.7 Å². The van der Waals surface area contributed by atoms with E-state index in [0.717, 1.165) is 22.5 Å². The molecule has 0 radical (unpaired) electrons. The van der Waals surface area contributed by atoms with Crippen LogP contribution in [0.3, 0.4) is 0 Å². The van der Waals surface area contributed by atoms with Crippen molar-refractivity contribution in [3.05, 3.63) is 90.2 Å². The van der Waals surface area contributed by atoms with E-state index < -0.39 is 0 Å². The number of anilines is 1. The molecule has 0 aliphatic heterocycles. The number of H-pyrrole nitrogens is 2. The van der Waals surface area contributed by atoms with Gasteiger partial charge in [-0.05, 0) is 36.4 Å². The highest BCUT2D eigenvalue weighted by atomic mass is 19.1. The van der Waals surface area contributed by atoms with Crippen LogP contribution < -0.4 is 10.4 Å². The number of carbonyl (C=O) groups is 1. The molecular formula is C21H16FN4O+. The van der Waals surface area contributed by atoms with Crippen molar-refractivity contribution in [3.8, 4) is 22.5 Å². The van der Waals surface area contributed by atoms with Crippen LogP contribution >= 0.6 is 0 Å². The number of hydrogen-bond donors (Lipinski definition) is 2. The second kappa shape index (κ2) is 7.21. The van der Waals surface area contributed by atoms with Gasteiger partial charge >= 0.3 is 0 Å². The quantitative estimate of drug-likeness (QED) is 0.579. The Morgan fingerprint density at radius 3 is 2.44 bits per heavy atom. The van der Waals surface area contributed by atoms with Gasteiger partial charge in [0.2, 0.25) is 5.69 Å². The summed E-state index contributed by atoms with van der Waals surface area (Å²) in [5.41, 5.74) is 4.38. The van der Waals surface area contributed by atoms with Crippen molar-refractivity contribution in [1.82, 2.24) is 10.3 Å². The highest BCUT2D eigenvalue weighted by Gasteiger charge is 2.20. The minimum absolute atomic E-state index is 0.270. The summed E-state index contributed by atoms with van der Waals surface area (Å²) in [7, 11) is 0. The third kappa shape index (κ3) is 3.59. The van der Waals surface area contributed by atoms with E-state index in [-0.39, 0.29) is 11.7 Å². The van der Waals surface area contributed by atoms with Crippen LogP contribution in [0.2, 0.25) is 0 Å². The highest BCUT2D eigenvalue weighted by molar-refractivity contribution is 6.05. The zero-order valence-electron chi connectivity index (χ0n) is 14.2. The number of amides is 1. The predicted molar refractivity (Wildman–Crippen MR) is 100 cm³/mol. The fraction of sp³-hybridized carbons (Fsp3) is 0. The van der Waals surface area contributed by atoms with Crippen molar-refractivity contribution >= 4 is 11.6 Å². The number of aromatic nitrogens is 3. The standard InChI is InChI=1S/C21H15FN4O/c22-17-9-11-18(12-10-17)23-21(27)16-8-4-7-15(13-16)20-19(24-26-25-20)14-5-2-1-3-6-14/h1-13H,(H,23,27)(H,24,25,26)/p+1. The van der Waals surface area contributed by atoms with Gasteiger partial charge < -0.3 is 5.32 Å². The molecule has 0 unspecified atom stereocenters. The lowest BCUT2D eigenvalue weighted by molar-refractivity contribution is -0.443. The Bertz CT molecular complexity index is 1070. The molecule has 3 aromatic carbocycles. The van der Waals surface area contributed by atoms with E-state index in [4.69, 9.17) is 0 Å². The number of carbonyl (C=O) groups excluding carboxylic acids is 1. The van der Waals surface area contributed by atoms with Crippen LogP contribution in [-0.2, 0) is 0 Å². The van der Waals surface area contributed by atoms with Gasteiger partial charge in [0.15, 0.2) is 0 Å². The van der Waals surface area contributed by atoms with Crippen molar-refractivity contribution in [1.29, 1.82) is 0 Å². The van der Waals surface area contributed by atoms with Gasteiger partial charge in [-0.15, -0.1) is 0 Å². The molecule has 0 saturated heterocycles. The third-order valence-corrected chi connectivity index (χ3v) is 4.15. The predicted octanol–water partition coefficient (Wildman–Crippen LogP) is 3.95. The lowest BCUT2D eigenvalue weighted by Crippen LogP contribution is -2.12. The van der Waals surface area contributed by atoms with Crippen molar-refractivity contribution in [3.63, 3.8) is 0 Å². The van der Waals surface area contributed by atoms with Crippen molar-refractivity contribution in [2.75, 3.05) is 5.32 Å². The molecule has 1 heterocycles. The number of hydrogen-bond acceptors (Lipinski definition) is 2. The van der Waals surface area contributed by atoms with Crippen molar-refractivity contribution in [2.24, 2.45) is 0 Å². The molecule has 3 N–H and O–H groups in total. The summed E-state index contributed by atoms with van der Waals surface area (Å²) in [6, 6.07) is 22.7. The largest absolute Gasteiger partial charge is 0.322 e. The average Bonchev–Trinajstić information content (AvgIpc) is 3.20. The number of nitrogens with zero attached hydrogens (tertiary/aromatic N) is 1. The molecule has 6 heteroatoms. The summed E-state index contributed by atoms with van der Waals surface area (Å²) in [5.74, 6) is -0.618. The summed E-state index contributed by atoms with van der Waals surface area (Å²) in [4.78, 5) is 12.5. The molecule has 4 rings (SSSR count). The molecule has 0 spiro atoms. The summed E-state index contributed by atoms with van der Waals surface area (Å²) < 4.78 is 13.0. The molecule has 1 aromatic heterocycles. The van der Waals surface area contributed by atoms with Crippen molar-refractivity contribution < 1.29 is 14.3 Å². The van der Waals surface area contributed by atoms with Gasteiger partial charge in [0.1, 0.15) is 5.82 Å². The van der Waals surface area contributed by atoms with Crippen LogP contribution in [0.4, 0.5) is 10.1 Å². The zero-order valence-corrected chi connectivity index (χ0v) is 14.2. The van der Waals surface area contributed by atoms with E-state index in [1.807, 2.05) is 42.5 Å². The van der Waals surface area contributed by atoms with Gasteiger partial charge in [-0.3, -0.25) is 4.79 Å². The monoisotopic (exact) mass is 359 g/mol. The molecule has 27 heavy (non-hydrogen) atoms. The first kappa shape index (κ1) is 16.7. The Hall–Kier alpha value is -3.80. The Balaban J connectivity index is 1.63. The second-order valence-electron chi connectivity index (χ2n) is 5.98. The van der Waals surface area contributed by atoms with Gasteiger partial charge in [0.25, 0.3) is 11.6 Å². The Kier molecular flexibility index (Phi) is 4.45. The van der Waals surface area contributed by atoms with E-state index >= 15 is 0 Å². The molecule has 5 nitrogen and oxygen atoms in total. The topological polar surface area (TPSA) is 71.9 Å². The Morgan fingerprint density at radius 1 is 0.926 bits per heavy atom. The molecular weight excluding hydrogens is 343 g/mol. The minimum atomic E-state index is -0.348. The molecule has 132 valence electrons. The lowest BCUT2D eigenvalue weighted by atomic mass is 10.0. The zero-order chi connectivity index (χ0) is 18.6. The lowest BCUT2D eigenvalue weighted by Gasteiger charge is -2.06. The number of benzene rings is 3. The van der Waals surface area contributed by atoms with E-state index in [9.17, 15) is 9.18 Å². The minimum Gasteiger partial charge on any atom is -0.322 e. The molecule has 0 saturated carbocycles. The van der Waals surface area contributed by atoms with E-state index in [2.05, 4.69) is 20.7 Å². The molecule has 4 aromatic rings. The van der Waals surface area contributed by atoms with E-state index in [1.165, 1.54) is 24.3 Å². The SMILES string of the molecule is O=C(Nc1ccc(F)cc1)c1cccc(-c2[nH+][nH]nc2-c2ccccc2)c1. The van der Waals surface area contributed by atoms with Crippen LogP contribution in [0.1, 0.15) is 10.4 Å². The first-order chi connectivity index (χ1) is 13.2. The van der Waals surface area contributed by atoms with Gasteiger partial charge in [-0.2, -0.15) is 5.10 Å². The average molecular weight is 359 g/mol. The molecule has 0 bridgehead atoms. The smallest absolute Gasteiger partial charge is 0.256 e. The first-order valence-corrected chi connectivity index (χ1v) is 8.39. The van der Waals surface area contributed by atoms with Gasteiger partial charge in [0, 0.05) is 27.5 Å². The first-order valence-electron chi connectivity index (χ1n) is 8.39. The maximum atomic E-state index is 13.0. The van der Waals surface area contributed by atoms with E-state index in [1.54, 1.807) is 12.1 Å². The maximum Gasteiger partial charge on any atom is 0.256 e. The molecule has 1 amide bonds. The molecule has 0 atom stereocenters. The van der Waals surface area contributed by atoms with Gasteiger partial charge in [-0.25, -0.2) is 4.39 Å². The third-order valence-electron chi connectivity index (χ3n) is 4.15. The maximum absolute atomic E-state index is 13.0. The summed E-state index contributed by atoms with van der Waals surface area (Å²) in [5, 5.41) is 12.9. The van der Waals surface area contributed by atoms with Gasteiger partial charge in [0.05, 0.1) is 0 Å². The number of rotatable bonds is 4. The summed E-state index contributed by atoms with van der Waals surface area (Å²) in [6.07, 6.45) is 0. The number of aromatic amines is 2. The van der Waals surface area contributed by atoms with Crippen LogP contribution in [-0.4, -0.2) is 16.2 Å².